The van der Waals surface area contributed by atoms with E-state index in [0.29, 0.717) is 6.54 Å². The number of amides is 1. The van der Waals surface area contributed by atoms with Crippen LogP contribution in [0.4, 0.5) is 0 Å². The van der Waals surface area contributed by atoms with Crippen LogP contribution in [-0.4, -0.2) is 22.0 Å². The minimum atomic E-state index is -0.275. The van der Waals surface area contributed by atoms with E-state index in [1.807, 2.05) is 48.1 Å². The zero-order valence-electron chi connectivity index (χ0n) is 11.7. The third-order valence-corrected chi connectivity index (χ3v) is 4.07. The molecule has 1 N–H and O–H groups in total. The molecule has 1 heterocycles. The molecule has 1 aromatic heterocycles. The predicted octanol–water partition coefficient (Wildman–Crippen LogP) is 1.81. The van der Waals surface area contributed by atoms with Gasteiger partial charge in [-0.25, -0.2) is 4.98 Å². The van der Waals surface area contributed by atoms with Gasteiger partial charge in [0.15, 0.2) is 0 Å². The van der Waals surface area contributed by atoms with E-state index in [9.17, 15) is 4.79 Å². The van der Waals surface area contributed by atoms with E-state index in [1.54, 1.807) is 6.20 Å². The molecule has 0 saturated heterocycles. The van der Waals surface area contributed by atoms with Crippen LogP contribution in [0.5, 0.6) is 0 Å². The summed E-state index contributed by atoms with van der Waals surface area (Å²) in [5.74, 6) is 1.15. The second-order valence-electron chi connectivity index (χ2n) is 5.41. The van der Waals surface area contributed by atoms with Gasteiger partial charge in [-0.1, -0.05) is 30.3 Å². The first-order valence-corrected chi connectivity index (χ1v) is 7.02. The summed E-state index contributed by atoms with van der Waals surface area (Å²) in [5.41, 5.74) is 0.859. The average Bonchev–Trinajstić information content (AvgIpc) is 3.19. The molecule has 2 aromatic rings. The van der Waals surface area contributed by atoms with Crippen molar-refractivity contribution in [3.05, 3.63) is 54.1 Å². The van der Waals surface area contributed by atoms with Crippen LogP contribution in [0, 0.1) is 0 Å². The van der Waals surface area contributed by atoms with Crippen LogP contribution in [0.15, 0.2) is 42.7 Å². The molecule has 1 saturated carbocycles. The van der Waals surface area contributed by atoms with Gasteiger partial charge in [0, 0.05) is 32.4 Å². The van der Waals surface area contributed by atoms with Crippen LogP contribution in [-0.2, 0) is 23.7 Å². The lowest BCUT2D eigenvalue weighted by atomic mass is 9.95. The van der Waals surface area contributed by atoms with E-state index in [1.165, 1.54) is 0 Å². The number of hydrogen-bond donors (Lipinski definition) is 1. The Balaban J connectivity index is 1.59. The van der Waals surface area contributed by atoms with Crippen molar-refractivity contribution >= 4 is 5.91 Å². The van der Waals surface area contributed by atoms with Crippen LogP contribution >= 0.6 is 0 Å². The van der Waals surface area contributed by atoms with Gasteiger partial charge >= 0.3 is 0 Å². The SMILES string of the molecule is Cn1ccnc1CCNC(=O)C1(c2ccccc2)CC1. The standard InChI is InChI=1S/C16H19N3O/c1-19-12-11-17-14(19)7-10-18-15(20)16(8-9-16)13-5-3-2-4-6-13/h2-6,11-12H,7-10H2,1H3,(H,18,20). The van der Waals surface area contributed by atoms with Crippen molar-refractivity contribution in [1.82, 2.24) is 14.9 Å². The Morgan fingerprint density at radius 2 is 2.10 bits per heavy atom. The second kappa shape index (κ2) is 5.12. The zero-order chi connectivity index (χ0) is 14.0. The maximum atomic E-state index is 12.4. The molecule has 104 valence electrons. The number of hydrogen-bond acceptors (Lipinski definition) is 2. The van der Waals surface area contributed by atoms with Gasteiger partial charge in [-0.05, 0) is 18.4 Å². The highest BCUT2D eigenvalue weighted by atomic mass is 16.2. The van der Waals surface area contributed by atoms with Crippen molar-refractivity contribution in [1.29, 1.82) is 0 Å². The normalized spacial score (nSPS) is 15.8. The van der Waals surface area contributed by atoms with E-state index >= 15 is 0 Å². The highest BCUT2D eigenvalue weighted by Crippen LogP contribution is 2.48. The Bertz CT molecular complexity index is 599. The number of benzene rings is 1. The molecular weight excluding hydrogens is 250 g/mol. The van der Waals surface area contributed by atoms with E-state index in [0.717, 1.165) is 30.7 Å². The number of carbonyl (C=O) groups is 1. The van der Waals surface area contributed by atoms with Crippen LogP contribution in [0.1, 0.15) is 24.2 Å². The summed E-state index contributed by atoms with van der Waals surface area (Å²) in [6.07, 6.45) is 6.36. The van der Waals surface area contributed by atoms with Gasteiger partial charge in [0.25, 0.3) is 0 Å². The number of carbonyl (C=O) groups excluding carboxylic acids is 1. The molecule has 0 spiro atoms. The van der Waals surface area contributed by atoms with Crippen molar-refractivity contribution in [2.24, 2.45) is 7.05 Å². The molecule has 20 heavy (non-hydrogen) atoms. The maximum absolute atomic E-state index is 12.4. The Morgan fingerprint density at radius 3 is 2.70 bits per heavy atom. The average molecular weight is 269 g/mol. The number of aryl methyl sites for hydroxylation is 1. The predicted molar refractivity (Wildman–Crippen MR) is 77.3 cm³/mol. The molecule has 0 radical (unpaired) electrons. The number of rotatable bonds is 5. The molecular formula is C16H19N3O. The molecule has 0 bridgehead atoms. The van der Waals surface area contributed by atoms with Gasteiger partial charge in [-0.2, -0.15) is 0 Å². The molecule has 0 atom stereocenters. The molecule has 1 amide bonds. The fourth-order valence-corrected chi connectivity index (χ4v) is 2.62. The topological polar surface area (TPSA) is 46.9 Å². The van der Waals surface area contributed by atoms with E-state index in [2.05, 4.69) is 10.3 Å². The lowest BCUT2D eigenvalue weighted by Gasteiger charge is -2.15. The maximum Gasteiger partial charge on any atom is 0.230 e. The largest absolute Gasteiger partial charge is 0.355 e. The third kappa shape index (κ3) is 2.33. The van der Waals surface area contributed by atoms with Crippen molar-refractivity contribution in [2.75, 3.05) is 6.54 Å². The minimum absolute atomic E-state index is 0.151. The number of aromatic nitrogens is 2. The zero-order valence-corrected chi connectivity index (χ0v) is 11.7. The molecule has 1 aliphatic rings. The van der Waals surface area contributed by atoms with Crippen LogP contribution < -0.4 is 5.32 Å². The molecule has 1 fully saturated rings. The smallest absolute Gasteiger partial charge is 0.230 e. The fourth-order valence-electron chi connectivity index (χ4n) is 2.62. The highest BCUT2D eigenvalue weighted by molar-refractivity contribution is 5.91. The summed E-state index contributed by atoms with van der Waals surface area (Å²) >= 11 is 0. The second-order valence-corrected chi connectivity index (χ2v) is 5.41. The van der Waals surface area contributed by atoms with Gasteiger partial charge in [0.2, 0.25) is 5.91 Å². The fraction of sp³-hybridized carbons (Fsp3) is 0.375. The Morgan fingerprint density at radius 1 is 1.35 bits per heavy atom. The van der Waals surface area contributed by atoms with Gasteiger partial charge in [-0.15, -0.1) is 0 Å². The Kier molecular flexibility index (Phi) is 3.30. The summed E-state index contributed by atoms with van der Waals surface area (Å²) in [6, 6.07) is 10.1. The Labute approximate surface area is 118 Å². The molecule has 3 rings (SSSR count). The summed E-state index contributed by atoms with van der Waals surface area (Å²) in [4.78, 5) is 16.7. The first kappa shape index (κ1) is 12.9. The van der Waals surface area contributed by atoms with E-state index in [4.69, 9.17) is 0 Å². The first-order chi connectivity index (χ1) is 9.72. The number of imidazole rings is 1. The Hall–Kier alpha value is -2.10. The van der Waals surface area contributed by atoms with Gasteiger partial charge in [0.05, 0.1) is 5.41 Å². The van der Waals surface area contributed by atoms with E-state index < -0.39 is 0 Å². The van der Waals surface area contributed by atoms with Gasteiger partial charge < -0.3 is 9.88 Å². The molecule has 4 nitrogen and oxygen atoms in total. The first-order valence-electron chi connectivity index (χ1n) is 7.02. The quantitative estimate of drug-likeness (QED) is 0.900. The van der Waals surface area contributed by atoms with Gasteiger partial charge in [-0.3, -0.25) is 4.79 Å². The summed E-state index contributed by atoms with van der Waals surface area (Å²) in [7, 11) is 1.97. The summed E-state index contributed by atoms with van der Waals surface area (Å²) in [5, 5.41) is 3.06. The number of nitrogens with zero attached hydrogens (tertiary/aromatic N) is 2. The summed E-state index contributed by atoms with van der Waals surface area (Å²) < 4.78 is 1.98. The van der Waals surface area contributed by atoms with Gasteiger partial charge in [0.1, 0.15) is 5.82 Å². The molecule has 1 aliphatic carbocycles. The van der Waals surface area contributed by atoms with Crippen molar-refractivity contribution < 1.29 is 4.79 Å². The van der Waals surface area contributed by atoms with Crippen molar-refractivity contribution in [3.8, 4) is 0 Å². The molecule has 1 aromatic carbocycles. The van der Waals surface area contributed by atoms with E-state index in [-0.39, 0.29) is 11.3 Å². The molecule has 0 unspecified atom stereocenters. The minimum Gasteiger partial charge on any atom is -0.355 e. The number of nitrogens with one attached hydrogen (secondary N) is 1. The lowest BCUT2D eigenvalue weighted by Crippen LogP contribution is -2.36. The monoisotopic (exact) mass is 269 g/mol. The molecule has 4 heteroatoms. The molecule has 0 aliphatic heterocycles. The van der Waals surface area contributed by atoms with Crippen LogP contribution in [0.25, 0.3) is 0 Å². The van der Waals surface area contributed by atoms with Crippen molar-refractivity contribution in [3.63, 3.8) is 0 Å². The summed E-state index contributed by atoms with van der Waals surface area (Å²) in [6.45, 7) is 0.637. The third-order valence-electron chi connectivity index (χ3n) is 4.07. The highest BCUT2D eigenvalue weighted by Gasteiger charge is 2.50. The van der Waals surface area contributed by atoms with Crippen LogP contribution in [0.3, 0.4) is 0 Å². The van der Waals surface area contributed by atoms with Crippen molar-refractivity contribution in [2.45, 2.75) is 24.7 Å². The van der Waals surface area contributed by atoms with Crippen LogP contribution in [0.2, 0.25) is 0 Å². The lowest BCUT2D eigenvalue weighted by molar-refractivity contribution is -0.123.